The minimum absolute atomic E-state index is 0.0628. The second-order valence-corrected chi connectivity index (χ2v) is 4.90. The van der Waals surface area contributed by atoms with E-state index in [1.807, 2.05) is 0 Å². The first kappa shape index (κ1) is 35.0. The molecule has 0 aromatic heterocycles. The van der Waals surface area contributed by atoms with Crippen molar-refractivity contribution in [1.29, 1.82) is 0 Å². The van der Waals surface area contributed by atoms with Gasteiger partial charge >= 0.3 is 47.8 Å². The van der Waals surface area contributed by atoms with E-state index in [0.29, 0.717) is 25.0 Å². The molecule has 0 saturated heterocycles. The van der Waals surface area contributed by atoms with E-state index < -0.39 is 47.8 Å². The third-order valence-electron chi connectivity index (χ3n) is 2.14. The molecule has 0 heterocycles. The first-order chi connectivity index (χ1) is 14.5. The zero-order valence-electron chi connectivity index (χ0n) is 16.2. The molecule has 0 saturated carbocycles. The summed E-state index contributed by atoms with van der Waals surface area (Å²) in [5.41, 5.74) is 0. The fourth-order valence-corrected chi connectivity index (χ4v) is 0.909. The fraction of sp³-hybridized carbons (Fsp3) is 0.375. The van der Waals surface area contributed by atoms with Crippen molar-refractivity contribution in [2.45, 2.75) is 38.5 Å². The second-order valence-electron chi connectivity index (χ2n) is 4.90. The lowest BCUT2D eigenvalue weighted by Gasteiger charge is -1.92. The SMILES string of the molecule is O=C(O)C(=O)O.O=C(O)C=CC(=O)O.O=C(O)CCC(=O)O.O=C(O)CCCCC(=O)O. The average molecular weight is 470 g/mol. The number of hydrogen-bond acceptors (Lipinski definition) is 8. The summed E-state index contributed by atoms with van der Waals surface area (Å²) in [7, 11) is 0. The van der Waals surface area contributed by atoms with Crippen LogP contribution in [0.15, 0.2) is 12.2 Å². The summed E-state index contributed by atoms with van der Waals surface area (Å²) in [6, 6.07) is 0. The van der Waals surface area contributed by atoms with Crippen LogP contribution in [0.25, 0.3) is 0 Å². The molecule has 0 amide bonds. The molecule has 0 rings (SSSR count). The Labute approximate surface area is 178 Å². The number of unbranched alkanes of at least 4 members (excludes halogenated alkanes) is 1. The van der Waals surface area contributed by atoms with Crippen LogP contribution in [-0.2, 0) is 38.4 Å². The van der Waals surface area contributed by atoms with Crippen LogP contribution in [0.1, 0.15) is 38.5 Å². The Kier molecular flexibility index (Phi) is 24.9. The normalized spacial score (nSPS) is 8.75. The van der Waals surface area contributed by atoms with Crippen LogP contribution >= 0.6 is 0 Å². The van der Waals surface area contributed by atoms with Crippen molar-refractivity contribution in [3.05, 3.63) is 12.2 Å². The lowest BCUT2D eigenvalue weighted by molar-refractivity contribution is -0.159. The van der Waals surface area contributed by atoms with Crippen molar-refractivity contribution in [3.63, 3.8) is 0 Å². The Hall–Kier alpha value is -4.50. The number of aliphatic carboxylic acids is 8. The largest absolute Gasteiger partial charge is 0.481 e. The van der Waals surface area contributed by atoms with Crippen molar-refractivity contribution in [3.8, 4) is 0 Å². The Morgan fingerprint density at radius 3 is 0.750 bits per heavy atom. The molecule has 32 heavy (non-hydrogen) atoms. The Bertz CT molecular complexity index is 632. The van der Waals surface area contributed by atoms with Gasteiger partial charge in [0.2, 0.25) is 0 Å². The highest BCUT2D eigenvalue weighted by Gasteiger charge is 2.04. The van der Waals surface area contributed by atoms with Gasteiger partial charge < -0.3 is 40.9 Å². The van der Waals surface area contributed by atoms with Gasteiger partial charge in [0.05, 0.1) is 12.8 Å². The van der Waals surface area contributed by atoms with E-state index in [4.69, 9.17) is 50.4 Å². The predicted molar refractivity (Wildman–Crippen MR) is 97.9 cm³/mol. The van der Waals surface area contributed by atoms with E-state index in [9.17, 15) is 28.8 Å². The molecular weight excluding hydrogens is 448 g/mol. The molecule has 0 radical (unpaired) electrons. The monoisotopic (exact) mass is 470 g/mol. The van der Waals surface area contributed by atoms with Crippen LogP contribution in [0.3, 0.4) is 0 Å². The third kappa shape index (κ3) is 56.2. The molecule has 0 aromatic rings. The van der Waals surface area contributed by atoms with Crippen LogP contribution in [0.4, 0.5) is 0 Å². The number of carbonyl (C=O) groups is 8. The molecule has 0 aromatic carbocycles. The number of carboxylic acid groups (broad SMARTS) is 8. The maximum Gasteiger partial charge on any atom is 0.414 e. The van der Waals surface area contributed by atoms with Crippen molar-refractivity contribution >= 4 is 47.8 Å². The van der Waals surface area contributed by atoms with E-state index in [1.54, 1.807) is 0 Å². The predicted octanol–water partition coefficient (Wildman–Crippen LogP) is -0.481. The number of carboxylic acids is 8. The lowest BCUT2D eigenvalue weighted by atomic mass is 10.2. The van der Waals surface area contributed by atoms with E-state index in [1.165, 1.54) is 0 Å². The minimum atomic E-state index is -1.82. The highest BCUT2D eigenvalue weighted by Crippen LogP contribution is 1.98. The van der Waals surface area contributed by atoms with Crippen molar-refractivity contribution in [2.75, 3.05) is 0 Å². The molecule has 0 atom stereocenters. The molecule has 0 unspecified atom stereocenters. The van der Waals surface area contributed by atoms with Crippen molar-refractivity contribution in [1.82, 2.24) is 0 Å². The third-order valence-corrected chi connectivity index (χ3v) is 2.14. The fourth-order valence-electron chi connectivity index (χ4n) is 0.909. The first-order valence-electron chi connectivity index (χ1n) is 8.00. The van der Waals surface area contributed by atoms with E-state index in [2.05, 4.69) is 0 Å². The van der Waals surface area contributed by atoms with Crippen LogP contribution in [0, 0.1) is 0 Å². The smallest absolute Gasteiger partial charge is 0.414 e. The summed E-state index contributed by atoms with van der Waals surface area (Å²) in [5.74, 6) is -10.1. The molecule has 0 aliphatic heterocycles. The lowest BCUT2D eigenvalue weighted by Crippen LogP contribution is -2.09. The number of rotatable bonds is 10. The van der Waals surface area contributed by atoms with Gasteiger partial charge in [0, 0.05) is 25.0 Å². The zero-order valence-corrected chi connectivity index (χ0v) is 16.2. The topological polar surface area (TPSA) is 298 Å². The molecule has 0 fully saturated rings. The van der Waals surface area contributed by atoms with Crippen LogP contribution < -0.4 is 0 Å². The van der Waals surface area contributed by atoms with Crippen LogP contribution in [0.2, 0.25) is 0 Å². The molecule has 0 aliphatic carbocycles. The zero-order chi connectivity index (χ0) is 26.3. The summed E-state index contributed by atoms with van der Waals surface area (Å²) < 4.78 is 0. The van der Waals surface area contributed by atoms with Gasteiger partial charge in [-0.2, -0.15) is 0 Å². The summed E-state index contributed by atoms with van der Waals surface area (Å²) in [5, 5.41) is 62.5. The van der Waals surface area contributed by atoms with Gasteiger partial charge in [0.15, 0.2) is 0 Å². The van der Waals surface area contributed by atoms with Gasteiger partial charge in [-0.25, -0.2) is 19.2 Å². The maximum absolute atomic E-state index is 9.90. The molecule has 0 spiro atoms. The van der Waals surface area contributed by atoms with Gasteiger partial charge in [0.25, 0.3) is 0 Å². The average Bonchev–Trinajstić information content (AvgIpc) is 2.63. The summed E-state index contributed by atoms with van der Waals surface area (Å²) in [6.45, 7) is 0. The maximum atomic E-state index is 9.90. The van der Waals surface area contributed by atoms with Crippen LogP contribution in [0.5, 0.6) is 0 Å². The van der Waals surface area contributed by atoms with Crippen molar-refractivity contribution < 1.29 is 79.2 Å². The van der Waals surface area contributed by atoms with Gasteiger partial charge in [-0.05, 0) is 12.8 Å². The van der Waals surface area contributed by atoms with E-state index in [-0.39, 0.29) is 25.7 Å². The molecule has 8 N–H and O–H groups in total. The minimum Gasteiger partial charge on any atom is -0.481 e. The van der Waals surface area contributed by atoms with E-state index in [0.717, 1.165) is 0 Å². The summed E-state index contributed by atoms with van der Waals surface area (Å²) in [4.78, 5) is 76.4. The van der Waals surface area contributed by atoms with Crippen molar-refractivity contribution in [2.24, 2.45) is 0 Å². The van der Waals surface area contributed by atoms with E-state index >= 15 is 0 Å². The second kappa shape index (κ2) is 22.8. The molecule has 0 bridgehead atoms. The molecule has 0 aliphatic rings. The standard InChI is InChI=1S/C6H10O4.C4H6O4.C4H4O4.C2H2O4/c7-5(8)3-1-2-4-6(9)10;2*5-3(6)1-2-4(7)8;3-1(4)2(5)6/h1-4H2,(H,7,8)(H,9,10);1-2H2,(H,5,6)(H,7,8);1-2H,(H,5,6)(H,7,8);(H,3,4)(H,5,6). The highest BCUT2D eigenvalue weighted by molar-refractivity contribution is 6.27. The molecule has 182 valence electrons. The van der Waals surface area contributed by atoms with Gasteiger partial charge in [-0.1, -0.05) is 0 Å². The van der Waals surface area contributed by atoms with Crippen LogP contribution in [-0.4, -0.2) is 88.6 Å². The molecule has 16 heteroatoms. The first-order valence-corrected chi connectivity index (χ1v) is 8.00. The molecule has 16 nitrogen and oxygen atoms in total. The van der Waals surface area contributed by atoms with Gasteiger partial charge in [0.1, 0.15) is 0 Å². The quantitative estimate of drug-likeness (QED) is 0.113. The summed E-state index contributed by atoms with van der Waals surface area (Å²) >= 11 is 0. The van der Waals surface area contributed by atoms with Gasteiger partial charge in [-0.15, -0.1) is 0 Å². The Morgan fingerprint density at radius 1 is 0.406 bits per heavy atom. The molecular formula is C16H22O16. The highest BCUT2D eigenvalue weighted by atomic mass is 16.4. The number of hydrogen-bond donors (Lipinski definition) is 8. The van der Waals surface area contributed by atoms with Gasteiger partial charge in [-0.3, -0.25) is 19.2 Å². The Morgan fingerprint density at radius 2 is 0.625 bits per heavy atom. The Balaban J connectivity index is -0.000000166. The summed E-state index contributed by atoms with van der Waals surface area (Å²) in [6.07, 6.45) is 1.54.